The van der Waals surface area contributed by atoms with Crippen molar-refractivity contribution in [2.24, 2.45) is 0 Å². The number of nitrogens with zero attached hydrogens (tertiary/aromatic N) is 1. The molecule has 0 atom stereocenters. The topological polar surface area (TPSA) is 50.1 Å². The van der Waals surface area contributed by atoms with E-state index in [2.05, 4.69) is 0 Å². The summed E-state index contributed by atoms with van der Waals surface area (Å²) in [5, 5.41) is 8.82. The highest BCUT2D eigenvalue weighted by Crippen LogP contribution is 2.20. The molecule has 0 bridgehead atoms. The van der Waals surface area contributed by atoms with Gasteiger partial charge in [0, 0.05) is 5.56 Å². The van der Waals surface area contributed by atoms with Crippen molar-refractivity contribution in [3.63, 3.8) is 0 Å². The van der Waals surface area contributed by atoms with Crippen LogP contribution in [0.5, 0.6) is 5.75 Å². The summed E-state index contributed by atoms with van der Waals surface area (Å²) >= 11 is 0. The van der Waals surface area contributed by atoms with Gasteiger partial charge in [0.25, 0.3) is 0 Å². The van der Waals surface area contributed by atoms with E-state index in [1.165, 1.54) is 24.3 Å². The van der Waals surface area contributed by atoms with Crippen LogP contribution in [0, 0.1) is 23.0 Å². The molecule has 0 unspecified atom stereocenters. The third-order valence-electron chi connectivity index (χ3n) is 2.61. The van der Waals surface area contributed by atoms with Crippen molar-refractivity contribution in [3.05, 3.63) is 65.2 Å². The second-order valence-electron chi connectivity index (χ2n) is 3.94. The van der Waals surface area contributed by atoms with Gasteiger partial charge in [-0.3, -0.25) is 4.79 Å². The van der Waals surface area contributed by atoms with E-state index >= 15 is 0 Å². The molecule has 100 valence electrons. The fourth-order valence-corrected chi connectivity index (χ4v) is 1.60. The molecule has 0 fully saturated rings. The van der Waals surface area contributed by atoms with E-state index in [1.54, 1.807) is 6.07 Å². The van der Waals surface area contributed by atoms with Crippen LogP contribution >= 0.6 is 0 Å². The maximum Gasteiger partial charge on any atom is 0.200 e. The average Bonchev–Trinajstić information content (AvgIpc) is 2.45. The molecule has 0 aliphatic rings. The van der Waals surface area contributed by atoms with Gasteiger partial charge in [-0.15, -0.1) is 0 Å². The molecule has 3 nitrogen and oxygen atoms in total. The summed E-state index contributed by atoms with van der Waals surface area (Å²) in [5.74, 6) is -1.54. The van der Waals surface area contributed by atoms with Crippen molar-refractivity contribution in [3.8, 4) is 11.8 Å². The molecule has 0 spiro atoms. The van der Waals surface area contributed by atoms with Crippen LogP contribution in [0.15, 0.2) is 42.5 Å². The quantitative estimate of drug-likeness (QED) is 0.804. The Kier molecular flexibility index (Phi) is 4.06. The van der Waals surface area contributed by atoms with Gasteiger partial charge in [0.15, 0.2) is 12.4 Å². The molecule has 0 saturated heterocycles. The molecule has 0 radical (unpaired) electrons. The van der Waals surface area contributed by atoms with Crippen LogP contribution in [0.1, 0.15) is 15.9 Å². The Hall–Kier alpha value is -2.74. The second kappa shape index (κ2) is 5.93. The van der Waals surface area contributed by atoms with Crippen molar-refractivity contribution < 1.29 is 18.3 Å². The molecule has 0 aliphatic heterocycles. The van der Waals surface area contributed by atoms with Crippen molar-refractivity contribution in [1.82, 2.24) is 0 Å². The van der Waals surface area contributed by atoms with Crippen LogP contribution in [-0.2, 0) is 0 Å². The van der Waals surface area contributed by atoms with Crippen LogP contribution in [0.2, 0.25) is 0 Å². The first-order valence-electron chi connectivity index (χ1n) is 5.72. The second-order valence-corrected chi connectivity index (χ2v) is 3.94. The standard InChI is InChI=1S/C15H9F2NO2/c16-11-6-4-10(5-7-11)14(19)9-20-15-3-1-2-13(17)12(15)8-18/h1-7H,9H2. The van der Waals surface area contributed by atoms with Crippen molar-refractivity contribution in [2.75, 3.05) is 6.61 Å². The molecule has 0 heterocycles. The Labute approximate surface area is 114 Å². The first-order valence-corrected chi connectivity index (χ1v) is 5.72. The smallest absolute Gasteiger partial charge is 0.200 e. The predicted octanol–water partition coefficient (Wildman–Crippen LogP) is 3.10. The van der Waals surface area contributed by atoms with E-state index in [0.717, 1.165) is 18.2 Å². The largest absolute Gasteiger partial charge is 0.484 e. The zero-order chi connectivity index (χ0) is 14.5. The number of ether oxygens (including phenoxy) is 1. The van der Waals surface area contributed by atoms with Gasteiger partial charge in [0.2, 0.25) is 0 Å². The molecule has 0 saturated carbocycles. The van der Waals surface area contributed by atoms with Gasteiger partial charge in [-0.2, -0.15) is 5.26 Å². The number of hydrogen-bond donors (Lipinski definition) is 0. The van der Waals surface area contributed by atoms with Crippen molar-refractivity contribution >= 4 is 5.78 Å². The number of benzene rings is 2. The van der Waals surface area contributed by atoms with Gasteiger partial charge < -0.3 is 4.74 Å². The summed E-state index contributed by atoms with van der Waals surface area (Å²) in [6.07, 6.45) is 0. The minimum atomic E-state index is -0.709. The van der Waals surface area contributed by atoms with Crippen molar-refractivity contribution in [1.29, 1.82) is 5.26 Å². The monoisotopic (exact) mass is 273 g/mol. The summed E-state index contributed by atoms with van der Waals surface area (Å²) < 4.78 is 31.2. The third kappa shape index (κ3) is 2.98. The van der Waals surface area contributed by atoms with E-state index in [4.69, 9.17) is 10.00 Å². The minimum absolute atomic E-state index is 0.00274. The molecule has 0 aliphatic carbocycles. The lowest BCUT2D eigenvalue weighted by atomic mass is 10.1. The molecule has 0 aromatic heterocycles. The lowest BCUT2D eigenvalue weighted by Crippen LogP contribution is -2.12. The Morgan fingerprint density at radius 3 is 2.50 bits per heavy atom. The molecule has 2 rings (SSSR count). The maximum absolute atomic E-state index is 13.3. The van der Waals surface area contributed by atoms with Crippen LogP contribution in [0.3, 0.4) is 0 Å². The molecule has 20 heavy (non-hydrogen) atoms. The number of hydrogen-bond acceptors (Lipinski definition) is 3. The Bertz CT molecular complexity index is 675. The third-order valence-corrected chi connectivity index (χ3v) is 2.61. The zero-order valence-electron chi connectivity index (χ0n) is 10.3. The van der Waals surface area contributed by atoms with E-state index in [0.29, 0.717) is 0 Å². The van der Waals surface area contributed by atoms with E-state index in [-0.39, 0.29) is 23.5 Å². The average molecular weight is 273 g/mol. The molecular formula is C15H9F2NO2. The summed E-state index contributed by atoms with van der Waals surface area (Å²) in [5.41, 5.74) is 0.0284. The molecular weight excluding hydrogens is 264 g/mol. The number of ketones is 1. The lowest BCUT2D eigenvalue weighted by Gasteiger charge is -2.07. The van der Waals surface area contributed by atoms with Crippen LogP contribution < -0.4 is 4.74 Å². The molecule has 0 N–H and O–H groups in total. The van der Waals surface area contributed by atoms with Crippen LogP contribution in [-0.4, -0.2) is 12.4 Å². The van der Waals surface area contributed by atoms with Gasteiger partial charge in [-0.05, 0) is 36.4 Å². The summed E-state index contributed by atoms with van der Waals surface area (Å²) in [4.78, 5) is 11.8. The maximum atomic E-state index is 13.3. The highest BCUT2D eigenvalue weighted by atomic mass is 19.1. The normalized spacial score (nSPS) is 9.85. The Morgan fingerprint density at radius 2 is 1.85 bits per heavy atom. The van der Waals surface area contributed by atoms with Gasteiger partial charge in [0.1, 0.15) is 29.0 Å². The number of Topliss-reactive ketones (excluding diaryl/α,β-unsaturated/α-hetero) is 1. The van der Waals surface area contributed by atoms with E-state index < -0.39 is 17.4 Å². The summed E-state index contributed by atoms with van der Waals surface area (Å²) in [6, 6.07) is 10.6. The lowest BCUT2D eigenvalue weighted by molar-refractivity contribution is 0.0921. The fraction of sp³-hybridized carbons (Fsp3) is 0.0667. The summed E-state index contributed by atoms with van der Waals surface area (Å²) in [6.45, 7) is -0.357. The van der Waals surface area contributed by atoms with Crippen molar-refractivity contribution in [2.45, 2.75) is 0 Å². The molecule has 0 amide bonds. The zero-order valence-corrected chi connectivity index (χ0v) is 10.3. The van der Waals surface area contributed by atoms with E-state index in [9.17, 15) is 13.6 Å². The van der Waals surface area contributed by atoms with Gasteiger partial charge in [0.05, 0.1) is 0 Å². The SMILES string of the molecule is N#Cc1c(F)cccc1OCC(=O)c1ccc(F)cc1. The molecule has 2 aromatic carbocycles. The number of nitriles is 1. The highest BCUT2D eigenvalue weighted by molar-refractivity contribution is 5.97. The first-order chi connectivity index (χ1) is 9.61. The van der Waals surface area contributed by atoms with Crippen LogP contribution in [0.4, 0.5) is 8.78 Å². The van der Waals surface area contributed by atoms with Gasteiger partial charge in [-0.1, -0.05) is 6.07 Å². The predicted molar refractivity (Wildman–Crippen MR) is 67.3 cm³/mol. The number of rotatable bonds is 4. The van der Waals surface area contributed by atoms with E-state index in [1.807, 2.05) is 0 Å². The fourth-order valence-electron chi connectivity index (χ4n) is 1.60. The minimum Gasteiger partial charge on any atom is -0.484 e. The molecule has 5 heteroatoms. The first kappa shape index (κ1) is 13.7. The summed E-state index contributed by atoms with van der Waals surface area (Å²) in [7, 11) is 0. The highest BCUT2D eigenvalue weighted by Gasteiger charge is 2.12. The molecule has 2 aromatic rings. The van der Waals surface area contributed by atoms with Gasteiger partial charge in [-0.25, -0.2) is 8.78 Å². The van der Waals surface area contributed by atoms with Gasteiger partial charge >= 0.3 is 0 Å². The number of carbonyl (C=O) groups is 1. The number of carbonyl (C=O) groups excluding carboxylic acids is 1. The van der Waals surface area contributed by atoms with Crippen LogP contribution in [0.25, 0.3) is 0 Å². The Balaban J connectivity index is 2.10. The Morgan fingerprint density at radius 1 is 1.15 bits per heavy atom. The number of halogens is 2.